The van der Waals surface area contributed by atoms with Crippen LogP contribution in [0.3, 0.4) is 0 Å². The predicted octanol–water partition coefficient (Wildman–Crippen LogP) is 4.15. The average molecular weight is 387 g/mol. The van der Waals surface area contributed by atoms with Crippen molar-refractivity contribution >= 4 is 40.1 Å². The number of amides is 1. The SMILES string of the molecule is Nc1cc(CSc2ncccc2C(=O)Nc2cc3ccccc3cn2)ccn1. The number of nitrogen functional groups attached to an aromatic ring is 1. The Labute approximate surface area is 166 Å². The van der Waals surface area contributed by atoms with E-state index in [-0.39, 0.29) is 5.91 Å². The van der Waals surface area contributed by atoms with Gasteiger partial charge >= 0.3 is 0 Å². The Kier molecular flexibility index (Phi) is 5.16. The first-order valence-corrected chi connectivity index (χ1v) is 9.62. The summed E-state index contributed by atoms with van der Waals surface area (Å²) >= 11 is 1.47. The summed E-state index contributed by atoms with van der Waals surface area (Å²) in [5, 5.41) is 5.55. The number of pyridine rings is 3. The summed E-state index contributed by atoms with van der Waals surface area (Å²) in [6.45, 7) is 0. The zero-order valence-electron chi connectivity index (χ0n) is 14.9. The van der Waals surface area contributed by atoms with E-state index in [1.54, 1.807) is 30.7 Å². The molecule has 0 saturated heterocycles. The zero-order chi connectivity index (χ0) is 19.3. The molecule has 1 amide bonds. The number of fused-ring (bicyclic) bond motifs is 1. The highest BCUT2D eigenvalue weighted by Crippen LogP contribution is 2.25. The number of anilines is 2. The van der Waals surface area contributed by atoms with Crippen molar-refractivity contribution in [2.75, 3.05) is 11.1 Å². The molecule has 138 valence electrons. The number of rotatable bonds is 5. The normalized spacial score (nSPS) is 10.7. The number of aromatic nitrogens is 3. The van der Waals surface area contributed by atoms with Gasteiger partial charge in [-0.05, 0) is 41.3 Å². The third-order valence-electron chi connectivity index (χ3n) is 4.11. The van der Waals surface area contributed by atoms with Crippen LogP contribution in [0.5, 0.6) is 0 Å². The molecule has 28 heavy (non-hydrogen) atoms. The second-order valence-electron chi connectivity index (χ2n) is 6.10. The first-order chi connectivity index (χ1) is 13.7. The highest BCUT2D eigenvalue weighted by molar-refractivity contribution is 7.98. The van der Waals surface area contributed by atoms with E-state index in [9.17, 15) is 4.79 Å². The molecule has 4 rings (SSSR count). The lowest BCUT2D eigenvalue weighted by molar-refractivity contribution is 0.102. The Morgan fingerprint density at radius 1 is 0.964 bits per heavy atom. The van der Waals surface area contributed by atoms with Crippen LogP contribution in [-0.2, 0) is 5.75 Å². The molecule has 0 unspecified atom stereocenters. The summed E-state index contributed by atoms with van der Waals surface area (Å²) in [5.74, 6) is 1.37. The molecule has 0 atom stereocenters. The van der Waals surface area contributed by atoms with Crippen LogP contribution in [0, 0.1) is 0 Å². The van der Waals surface area contributed by atoms with Crippen molar-refractivity contribution in [1.29, 1.82) is 0 Å². The van der Waals surface area contributed by atoms with Gasteiger partial charge in [-0.1, -0.05) is 24.3 Å². The zero-order valence-corrected chi connectivity index (χ0v) is 15.7. The molecule has 0 fully saturated rings. The molecular formula is C21H17N5OS. The Morgan fingerprint density at radius 2 is 1.82 bits per heavy atom. The highest BCUT2D eigenvalue weighted by atomic mass is 32.2. The van der Waals surface area contributed by atoms with Crippen LogP contribution < -0.4 is 11.1 Å². The smallest absolute Gasteiger partial charge is 0.259 e. The molecule has 0 bridgehead atoms. The Balaban J connectivity index is 1.52. The van der Waals surface area contributed by atoms with Gasteiger partial charge in [0, 0.05) is 29.7 Å². The topological polar surface area (TPSA) is 93.8 Å². The molecule has 0 spiro atoms. The van der Waals surface area contributed by atoms with Crippen LogP contribution in [0.25, 0.3) is 10.8 Å². The molecule has 3 aromatic heterocycles. The second-order valence-corrected chi connectivity index (χ2v) is 7.07. The maximum absolute atomic E-state index is 12.8. The molecule has 0 radical (unpaired) electrons. The fraction of sp³-hybridized carbons (Fsp3) is 0.0476. The number of hydrogen-bond acceptors (Lipinski definition) is 6. The molecule has 0 aliphatic rings. The van der Waals surface area contributed by atoms with Crippen molar-refractivity contribution < 1.29 is 4.79 Å². The number of nitrogens with two attached hydrogens (primary N) is 1. The number of nitrogens with zero attached hydrogens (tertiary/aromatic N) is 3. The first-order valence-electron chi connectivity index (χ1n) is 8.63. The van der Waals surface area contributed by atoms with Crippen LogP contribution in [-0.4, -0.2) is 20.9 Å². The van der Waals surface area contributed by atoms with Crippen molar-refractivity contribution in [3.63, 3.8) is 0 Å². The number of benzene rings is 1. The largest absolute Gasteiger partial charge is 0.384 e. The molecule has 0 aliphatic heterocycles. The van der Waals surface area contributed by atoms with Gasteiger partial charge in [0.05, 0.1) is 5.56 Å². The molecule has 0 aliphatic carbocycles. The van der Waals surface area contributed by atoms with Gasteiger partial charge in [0.1, 0.15) is 16.7 Å². The van der Waals surface area contributed by atoms with Gasteiger partial charge in [-0.3, -0.25) is 4.79 Å². The van der Waals surface area contributed by atoms with Gasteiger partial charge in [-0.25, -0.2) is 15.0 Å². The van der Waals surface area contributed by atoms with Crippen LogP contribution in [0.2, 0.25) is 0 Å². The monoisotopic (exact) mass is 387 g/mol. The van der Waals surface area contributed by atoms with E-state index in [1.165, 1.54) is 11.8 Å². The summed E-state index contributed by atoms with van der Waals surface area (Å²) in [4.78, 5) is 25.5. The molecule has 3 heterocycles. The predicted molar refractivity (Wildman–Crippen MR) is 112 cm³/mol. The van der Waals surface area contributed by atoms with Crippen molar-refractivity contribution in [3.05, 3.63) is 84.3 Å². The van der Waals surface area contributed by atoms with E-state index in [0.29, 0.717) is 28.0 Å². The van der Waals surface area contributed by atoms with Gasteiger partial charge in [-0.2, -0.15) is 0 Å². The number of thioether (sulfide) groups is 1. The summed E-state index contributed by atoms with van der Waals surface area (Å²) in [6.07, 6.45) is 5.09. The number of carbonyl (C=O) groups excluding carboxylic acids is 1. The molecule has 3 N–H and O–H groups in total. The van der Waals surface area contributed by atoms with E-state index < -0.39 is 0 Å². The third kappa shape index (κ3) is 4.10. The van der Waals surface area contributed by atoms with E-state index >= 15 is 0 Å². The van der Waals surface area contributed by atoms with Crippen LogP contribution in [0.4, 0.5) is 11.6 Å². The first kappa shape index (κ1) is 17.9. The number of nitrogens with one attached hydrogen (secondary N) is 1. The lowest BCUT2D eigenvalue weighted by Crippen LogP contribution is -2.14. The maximum Gasteiger partial charge on any atom is 0.259 e. The lowest BCUT2D eigenvalue weighted by atomic mass is 10.2. The Hall–Kier alpha value is -3.45. The minimum absolute atomic E-state index is 0.243. The van der Waals surface area contributed by atoms with Crippen molar-refractivity contribution in [3.8, 4) is 0 Å². The highest BCUT2D eigenvalue weighted by Gasteiger charge is 2.14. The summed E-state index contributed by atoms with van der Waals surface area (Å²) in [7, 11) is 0. The summed E-state index contributed by atoms with van der Waals surface area (Å²) < 4.78 is 0. The lowest BCUT2D eigenvalue weighted by Gasteiger charge is -2.09. The molecule has 6 nitrogen and oxygen atoms in total. The minimum Gasteiger partial charge on any atom is -0.384 e. The maximum atomic E-state index is 12.8. The third-order valence-corrected chi connectivity index (χ3v) is 5.19. The Bertz CT molecular complexity index is 1150. The van der Waals surface area contributed by atoms with Crippen LogP contribution in [0.1, 0.15) is 15.9 Å². The van der Waals surface area contributed by atoms with Crippen molar-refractivity contribution in [1.82, 2.24) is 15.0 Å². The van der Waals surface area contributed by atoms with Gasteiger partial charge in [0.2, 0.25) is 0 Å². The fourth-order valence-corrected chi connectivity index (χ4v) is 3.68. The molecular weight excluding hydrogens is 370 g/mol. The van der Waals surface area contributed by atoms with Crippen LogP contribution in [0.15, 0.2) is 78.2 Å². The fourth-order valence-electron chi connectivity index (χ4n) is 2.75. The molecule has 0 saturated carbocycles. The molecule has 1 aromatic carbocycles. The van der Waals surface area contributed by atoms with E-state index in [2.05, 4.69) is 20.3 Å². The van der Waals surface area contributed by atoms with Crippen molar-refractivity contribution in [2.24, 2.45) is 0 Å². The summed E-state index contributed by atoms with van der Waals surface area (Å²) in [6, 6.07) is 16.9. The Morgan fingerprint density at radius 3 is 2.68 bits per heavy atom. The summed E-state index contributed by atoms with van der Waals surface area (Å²) in [5.41, 5.74) is 7.25. The minimum atomic E-state index is -0.243. The molecule has 4 aromatic rings. The van der Waals surface area contributed by atoms with Gasteiger partial charge in [-0.15, -0.1) is 11.8 Å². The van der Waals surface area contributed by atoms with E-state index in [1.807, 2.05) is 42.5 Å². The number of hydrogen-bond donors (Lipinski definition) is 2. The molecule has 7 heteroatoms. The van der Waals surface area contributed by atoms with E-state index in [4.69, 9.17) is 5.73 Å². The quantitative estimate of drug-likeness (QED) is 0.500. The van der Waals surface area contributed by atoms with E-state index in [0.717, 1.165) is 16.3 Å². The standard InChI is InChI=1S/C21H17N5OS/c22-18-10-14(7-9-23-18)13-28-21-17(6-3-8-24-21)20(27)26-19-11-15-4-1-2-5-16(15)12-25-19/h1-12H,13H2,(H2,22,23)(H,25,26,27). The van der Waals surface area contributed by atoms with Gasteiger partial charge in [0.15, 0.2) is 0 Å². The van der Waals surface area contributed by atoms with Gasteiger partial charge in [0.25, 0.3) is 5.91 Å². The average Bonchev–Trinajstić information content (AvgIpc) is 2.72. The second kappa shape index (κ2) is 8.06. The number of carbonyl (C=O) groups is 1. The van der Waals surface area contributed by atoms with Crippen LogP contribution >= 0.6 is 11.8 Å². The van der Waals surface area contributed by atoms with Gasteiger partial charge < -0.3 is 11.1 Å². The van der Waals surface area contributed by atoms with Crippen molar-refractivity contribution in [2.45, 2.75) is 10.8 Å².